The largest absolute Gasteiger partial charge is 0.320 e. The van der Waals surface area contributed by atoms with Crippen molar-refractivity contribution >= 4 is 11.3 Å². The van der Waals surface area contributed by atoms with E-state index in [0.29, 0.717) is 0 Å². The molecular weight excluding hydrogens is 216 g/mol. The van der Waals surface area contributed by atoms with Crippen LogP contribution in [-0.2, 0) is 6.54 Å². The van der Waals surface area contributed by atoms with E-state index in [1.54, 1.807) is 0 Å². The zero-order valence-electron chi connectivity index (χ0n) is 10.1. The van der Waals surface area contributed by atoms with E-state index in [9.17, 15) is 0 Å². The first-order chi connectivity index (χ1) is 7.90. The van der Waals surface area contributed by atoms with Crippen molar-refractivity contribution < 1.29 is 0 Å². The lowest BCUT2D eigenvalue weighted by Gasteiger charge is -2.21. The quantitative estimate of drug-likeness (QED) is 0.701. The molecule has 0 amide bonds. The first kappa shape index (κ1) is 12.1. The van der Waals surface area contributed by atoms with E-state index in [0.717, 1.165) is 19.1 Å². The molecular formula is C13H22N2S. The monoisotopic (exact) mass is 238 g/mol. The average molecular weight is 238 g/mol. The lowest BCUT2D eigenvalue weighted by molar-refractivity contribution is 0.249. The molecule has 1 aromatic rings. The third-order valence-electron chi connectivity index (χ3n) is 3.15. The minimum Gasteiger partial charge on any atom is -0.320 e. The van der Waals surface area contributed by atoms with Gasteiger partial charge in [0.2, 0.25) is 0 Å². The Labute approximate surface area is 103 Å². The number of hydrogen-bond donors (Lipinski definition) is 1. The Morgan fingerprint density at radius 3 is 2.94 bits per heavy atom. The molecule has 0 aliphatic heterocycles. The summed E-state index contributed by atoms with van der Waals surface area (Å²) in [6.45, 7) is 3.58. The van der Waals surface area contributed by atoms with Crippen molar-refractivity contribution in [2.24, 2.45) is 0 Å². The van der Waals surface area contributed by atoms with E-state index < -0.39 is 0 Å². The number of rotatable bonds is 8. The van der Waals surface area contributed by atoms with Crippen molar-refractivity contribution in [2.45, 2.75) is 38.3 Å². The Morgan fingerprint density at radius 1 is 1.44 bits per heavy atom. The van der Waals surface area contributed by atoms with Crippen molar-refractivity contribution in [1.29, 1.82) is 0 Å². The molecule has 1 aliphatic carbocycles. The molecule has 1 fully saturated rings. The van der Waals surface area contributed by atoms with Gasteiger partial charge in [0.05, 0.1) is 0 Å². The van der Waals surface area contributed by atoms with Gasteiger partial charge in [0.25, 0.3) is 0 Å². The van der Waals surface area contributed by atoms with Crippen LogP contribution in [0.15, 0.2) is 16.8 Å². The van der Waals surface area contributed by atoms with E-state index >= 15 is 0 Å². The maximum Gasteiger partial charge on any atom is 0.0244 e. The maximum absolute atomic E-state index is 3.22. The second kappa shape index (κ2) is 6.38. The summed E-state index contributed by atoms with van der Waals surface area (Å²) in [5.74, 6) is 0. The fourth-order valence-corrected chi connectivity index (χ4v) is 2.72. The summed E-state index contributed by atoms with van der Waals surface area (Å²) in [4.78, 5) is 2.66. The Hall–Kier alpha value is -0.380. The highest BCUT2D eigenvalue weighted by Gasteiger charge is 2.28. The van der Waals surface area contributed by atoms with Gasteiger partial charge in [-0.05, 0) is 68.2 Å². The molecule has 0 spiro atoms. The predicted octanol–water partition coefficient (Wildman–Crippen LogP) is 2.71. The van der Waals surface area contributed by atoms with Gasteiger partial charge in [0.15, 0.2) is 0 Å². The van der Waals surface area contributed by atoms with Crippen LogP contribution in [0.25, 0.3) is 0 Å². The zero-order valence-corrected chi connectivity index (χ0v) is 10.9. The van der Waals surface area contributed by atoms with Crippen LogP contribution in [0.3, 0.4) is 0 Å². The first-order valence-corrected chi connectivity index (χ1v) is 7.24. The van der Waals surface area contributed by atoms with E-state index in [-0.39, 0.29) is 0 Å². The summed E-state index contributed by atoms with van der Waals surface area (Å²) in [5.41, 5.74) is 1.49. The molecule has 1 aromatic heterocycles. The molecule has 3 heteroatoms. The second-order valence-electron chi connectivity index (χ2n) is 4.64. The Morgan fingerprint density at radius 2 is 2.31 bits per heavy atom. The highest BCUT2D eigenvalue weighted by molar-refractivity contribution is 7.07. The standard InChI is InChI=1S/C13H22N2S/c1-14-7-2-3-8-15(13-4-5-13)10-12-6-9-16-11-12/h6,9,11,13-14H,2-5,7-8,10H2,1H3. The summed E-state index contributed by atoms with van der Waals surface area (Å²) in [6, 6.07) is 3.14. The van der Waals surface area contributed by atoms with Crippen LogP contribution in [0, 0.1) is 0 Å². The third-order valence-corrected chi connectivity index (χ3v) is 3.88. The van der Waals surface area contributed by atoms with Crippen LogP contribution >= 0.6 is 11.3 Å². The number of nitrogens with zero attached hydrogens (tertiary/aromatic N) is 1. The van der Waals surface area contributed by atoms with Gasteiger partial charge in [0, 0.05) is 12.6 Å². The molecule has 0 aromatic carbocycles. The molecule has 0 unspecified atom stereocenters. The van der Waals surface area contributed by atoms with Gasteiger partial charge in [-0.1, -0.05) is 0 Å². The summed E-state index contributed by atoms with van der Waals surface area (Å²) < 4.78 is 0. The Kier molecular flexibility index (Phi) is 4.82. The topological polar surface area (TPSA) is 15.3 Å². The van der Waals surface area contributed by atoms with Crippen LogP contribution in [-0.4, -0.2) is 31.1 Å². The predicted molar refractivity (Wildman–Crippen MR) is 70.9 cm³/mol. The average Bonchev–Trinajstić information content (AvgIpc) is 3.02. The Balaban J connectivity index is 1.72. The zero-order chi connectivity index (χ0) is 11.2. The number of hydrogen-bond acceptors (Lipinski definition) is 3. The minimum atomic E-state index is 0.884. The van der Waals surface area contributed by atoms with Gasteiger partial charge in [-0.3, -0.25) is 4.90 Å². The summed E-state index contributed by atoms with van der Waals surface area (Å²) in [7, 11) is 2.03. The van der Waals surface area contributed by atoms with Gasteiger partial charge < -0.3 is 5.32 Å². The second-order valence-corrected chi connectivity index (χ2v) is 5.42. The molecule has 16 heavy (non-hydrogen) atoms. The molecule has 1 N–H and O–H groups in total. The molecule has 90 valence electrons. The van der Waals surface area contributed by atoms with Gasteiger partial charge in [-0.2, -0.15) is 11.3 Å². The van der Waals surface area contributed by atoms with Crippen LogP contribution in [0.2, 0.25) is 0 Å². The van der Waals surface area contributed by atoms with Crippen molar-refractivity contribution in [1.82, 2.24) is 10.2 Å². The van der Waals surface area contributed by atoms with Crippen molar-refractivity contribution in [3.63, 3.8) is 0 Å². The normalized spacial score (nSPS) is 15.9. The third kappa shape index (κ3) is 3.89. The van der Waals surface area contributed by atoms with Crippen molar-refractivity contribution in [3.05, 3.63) is 22.4 Å². The smallest absolute Gasteiger partial charge is 0.0244 e. The highest BCUT2D eigenvalue weighted by atomic mass is 32.1. The van der Waals surface area contributed by atoms with Crippen LogP contribution in [0.1, 0.15) is 31.2 Å². The van der Waals surface area contributed by atoms with Crippen molar-refractivity contribution in [3.8, 4) is 0 Å². The van der Waals surface area contributed by atoms with Gasteiger partial charge in [0.1, 0.15) is 0 Å². The van der Waals surface area contributed by atoms with E-state index in [4.69, 9.17) is 0 Å². The number of thiophene rings is 1. The van der Waals surface area contributed by atoms with Crippen LogP contribution in [0.5, 0.6) is 0 Å². The molecule has 0 radical (unpaired) electrons. The summed E-state index contributed by atoms with van der Waals surface area (Å²) >= 11 is 1.81. The van der Waals surface area contributed by atoms with Crippen molar-refractivity contribution in [2.75, 3.05) is 20.1 Å². The van der Waals surface area contributed by atoms with E-state index in [2.05, 4.69) is 27.0 Å². The Bertz CT molecular complexity index is 280. The minimum absolute atomic E-state index is 0.884. The van der Waals surface area contributed by atoms with E-state index in [1.165, 1.54) is 37.8 Å². The summed E-state index contributed by atoms with van der Waals surface area (Å²) in [6.07, 6.45) is 5.44. The molecule has 2 nitrogen and oxygen atoms in total. The first-order valence-electron chi connectivity index (χ1n) is 6.30. The van der Waals surface area contributed by atoms with Crippen LogP contribution in [0.4, 0.5) is 0 Å². The fraction of sp³-hybridized carbons (Fsp3) is 0.692. The van der Waals surface area contributed by atoms with Gasteiger partial charge >= 0.3 is 0 Å². The molecule has 1 saturated carbocycles. The SMILES string of the molecule is CNCCCCN(Cc1ccsc1)C1CC1. The molecule has 0 atom stereocenters. The van der Waals surface area contributed by atoms with Crippen LogP contribution < -0.4 is 5.32 Å². The molecule has 1 heterocycles. The van der Waals surface area contributed by atoms with Gasteiger partial charge in [-0.25, -0.2) is 0 Å². The fourth-order valence-electron chi connectivity index (χ4n) is 2.06. The molecule has 0 saturated heterocycles. The van der Waals surface area contributed by atoms with E-state index in [1.807, 2.05) is 18.4 Å². The summed E-state index contributed by atoms with van der Waals surface area (Å²) in [5, 5.41) is 7.68. The lowest BCUT2D eigenvalue weighted by Crippen LogP contribution is -2.27. The molecule has 0 bridgehead atoms. The molecule has 1 aliphatic rings. The number of nitrogens with one attached hydrogen (secondary N) is 1. The highest BCUT2D eigenvalue weighted by Crippen LogP contribution is 2.28. The molecule has 2 rings (SSSR count). The lowest BCUT2D eigenvalue weighted by atomic mass is 10.2. The maximum atomic E-state index is 3.22. The number of unbranched alkanes of at least 4 members (excludes halogenated alkanes) is 1. The van der Waals surface area contributed by atoms with Gasteiger partial charge in [-0.15, -0.1) is 0 Å².